The number of hydrogen-bond donors (Lipinski definition) is 0. The van der Waals surface area contributed by atoms with Gasteiger partial charge in [-0.2, -0.15) is 0 Å². The molecule has 0 aliphatic rings. The lowest BCUT2D eigenvalue weighted by Gasteiger charge is -2.06. The normalized spacial score (nSPS) is 10.0. The van der Waals surface area contributed by atoms with Crippen LogP contribution in [0.1, 0.15) is 0 Å². The molecule has 1 aromatic heterocycles. The molecule has 0 atom stereocenters. The molecule has 0 N–H and O–H groups in total. The summed E-state index contributed by atoms with van der Waals surface area (Å²) in [5.74, 6) is 1.06. The molecule has 98 valence electrons. The molecule has 2 rings (SSSR count). The summed E-state index contributed by atoms with van der Waals surface area (Å²) in [6.45, 7) is 0. The molecular formula is C12H9BrN2O4. The van der Waals surface area contributed by atoms with Crippen molar-refractivity contribution in [1.29, 1.82) is 0 Å². The number of hydrogen-bond acceptors (Lipinski definition) is 5. The molecule has 0 aliphatic heterocycles. The largest absolute Gasteiger partial charge is 0.497 e. The van der Waals surface area contributed by atoms with E-state index in [4.69, 9.17) is 9.47 Å². The summed E-state index contributed by atoms with van der Waals surface area (Å²) in [6.07, 6.45) is 1.44. The number of rotatable bonds is 4. The maximum Gasteiger partial charge on any atom is 0.332 e. The Morgan fingerprint density at radius 2 is 1.89 bits per heavy atom. The maximum atomic E-state index is 10.9. The van der Waals surface area contributed by atoms with E-state index in [9.17, 15) is 10.1 Å². The van der Waals surface area contributed by atoms with Crippen LogP contribution in [-0.4, -0.2) is 17.0 Å². The Morgan fingerprint density at radius 3 is 2.47 bits per heavy atom. The predicted octanol–water partition coefficient (Wildman–Crippen LogP) is 3.55. The van der Waals surface area contributed by atoms with E-state index in [1.807, 2.05) is 0 Å². The molecule has 0 aliphatic carbocycles. The van der Waals surface area contributed by atoms with Crippen LogP contribution >= 0.6 is 15.9 Å². The third kappa shape index (κ3) is 3.19. The highest BCUT2D eigenvalue weighted by Crippen LogP contribution is 2.31. The van der Waals surface area contributed by atoms with Crippen LogP contribution in [0.15, 0.2) is 41.0 Å². The fourth-order valence-electron chi connectivity index (χ4n) is 1.38. The standard InChI is InChI=1S/C12H9BrN2O4/c1-18-9-2-4-10(5-3-9)19-12-11(15(16)17)6-8(13)7-14-12/h2-7H,1H3. The second-order valence-electron chi connectivity index (χ2n) is 3.51. The molecule has 0 bridgehead atoms. The summed E-state index contributed by atoms with van der Waals surface area (Å²) >= 11 is 3.13. The lowest BCUT2D eigenvalue weighted by atomic mass is 10.3. The summed E-state index contributed by atoms with van der Waals surface area (Å²) in [6, 6.07) is 8.02. The summed E-state index contributed by atoms with van der Waals surface area (Å²) in [5.41, 5.74) is -0.204. The zero-order valence-corrected chi connectivity index (χ0v) is 11.5. The quantitative estimate of drug-likeness (QED) is 0.635. The number of nitrogens with zero attached hydrogens (tertiary/aromatic N) is 2. The Hall–Kier alpha value is -2.15. The molecule has 6 nitrogen and oxygen atoms in total. The van der Waals surface area contributed by atoms with Crippen molar-refractivity contribution in [2.75, 3.05) is 7.11 Å². The highest BCUT2D eigenvalue weighted by Gasteiger charge is 2.18. The highest BCUT2D eigenvalue weighted by molar-refractivity contribution is 9.10. The van der Waals surface area contributed by atoms with Gasteiger partial charge < -0.3 is 9.47 Å². The Labute approximate surface area is 117 Å². The third-order valence-corrected chi connectivity index (χ3v) is 2.70. The Bertz CT molecular complexity index is 601. The topological polar surface area (TPSA) is 74.5 Å². The van der Waals surface area contributed by atoms with E-state index < -0.39 is 4.92 Å². The average molecular weight is 325 g/mol. The lowest BCUT2D eigenvalue weighted by Crippen LogP contribution is -1.96. The molecule has 7 heteroatoms. The SMILES string of the molecule is COc1ccc(Oc2ncc(Br)cc2[N+](=O)[O-])cc1. The third-order valence-electron chi connectivity index (χ3n) is 2.27. The first-order chi connectivity index (χ1) is 9.10. The van der Waals surface area contributed by atoms with Gasteiger partial charge in [-0.1, -0.05) is 0 Å². The van der Waals surface area contributed by atoms with Crippen LogP contribution in [0.25, 0.3) is 0 Å². The number of methoxy groups -OCH3 is 1. The molecule has 0 radical (unpaired) electrons. The summed E-state index contributed by atoms with van der Waals surface area (Å²) in [7, 11) is 1.55. The fourth-order valence-corrected chi connectivity index (χ4v) is 1.70. The van der Waals surface area contributed by atoms with Crippen molar-refractivity contribution in [3.63, 3.8) is 0 Å². The summed E-state index contributed by atoms with van der Waals surface area (Å²) in [5, 5.41) is 10.9. The first-order valence-electron chi connectivity index (χ1n) is 5.22. The molecule has 2 aromatic rings. The smallest absolute Gasteiger partial charge is 0.332 e. The van der Waals surface area contributed by atoms with Crippen molar-refractivity contribution in [2.45, 2.75) is 0 Å². The van der Waals surface area contributed by atoms with Crippen molar-refractivity contribution in [3.8, 4) is 17.4 Å². The van der Waals surface area contributed by atoms with Gasteiger partial charge in [0.15, 0.2) is 0 Å². The number of aromatic nitrogens is 1. The van der Waals surface area contributed by atoms with Gasteiger partial charge in [-0.3, -0.25) is 10.1 Å². The van der Waals surface area contributed by atoms with Crippen LogP contribution in [0.4, 0.5) is 5.69 Å². The van der Waals surface area contributed by atoms with E-state index in [1.54, 1.807) is 31.4 Å². The van der Waals surface area contributed by atoms with Crippen molar-refractivity contribution in [2.24, 2.45) is 0 Å². The number of benzene rings is 1. The first kappa shape index (κ1) is 13.3. The van der Waals surface area contributed by atoms with Crippen molar-refractivity contribution in [1.82, 2.24) is 4.98 Å². The monoisotopic (exact) mass is 324 g/mol. The first-order valence-corrected chi connectivity index (χ1v) is 6.01. The molecule has 0 unspecified atom stereocenters. The molecule has 0 saturated carbocycles. The van der Waals surface area contributed by atoms with Gasteiger partial charge in [0.1, 0.15) is 11.5 Å². The number of nitro groups is 1. The second-order valence-corrected chi connectivity index (χ2v) is 4.43. The Kier molecular flexibility index (Phi) is 3.96. The number of pyridine rings is 1. The van der Waals surface area contributed by atoms with Gasteiger partial charge in [-0.05, 0) is 40.2 Å². The van der Waals surface area contributed by atoms with Crippen LogP contribution in [-0.2, 0) is 0 Å². The number of halogens is 1. The van der Waals surface area contributed by atoms with Gasteiger partial charge >= 0.3 is 5.69 Å². The van der Waals surface area contributed by atoms with E-state index in [1.165, 1.54) is 12.3 Å². The van der Waals surface area contributed by atoms with E-state index in [-0.39, 0.29) is 11.6 Å². The number of ether oxygens (including phenoxy) is 2. The van der Waals surface area contributed by atoms with Crippen molar-refractivity contribution >= 4 is 21.6 Å². The van der Waals surface area contributed by atoms with Gasteiger partial charge in [0.2, 0.25) is 0 Å². The Balaban J connectivity index is 2.29. The minimum atomic E-state index is -0.545. The summed E-state index contributed by atoms with van der Waals surface area (Å²) < 4.78 is 10.9. The highest BCUT2D eigenvalue weighted by atomic mass is 79.9. The molecule has 0 spiro atoms. The van der Waals surface area contributed by atoms with Crippen LogP contribution in [0.2, 0.25) is 0 Å². The molecule has 0 fully saturated rings. The maximum absolute atomic E-state index is 10.9. The minimum absolute atomic E-state index is 0.0571. The van der Waals surface area contributed by atoms with Gasteiger partial charge in [-0.25, -0.2) is 4.98 Å². The molecule has 0 saturated heterocycles. The zero-order chi connectivity index (χ0) is 13.8. The zero-order valence-electron chi connectivity index (χ0n) is 9.87. The van der Waals surface area contributed by atoms with E-state index >= 15 is 0 Å². The average Bonchev–Trinajstić information content (AvgIpc) is 2.41. The van der Waals surface area contributed by atoms with Crippen LogP contribution < -0.4 is 9.47 Å². The van der Waals surface area contributed by atoms with Gasteiger partial charge in [0.25, 0.3) is 5.88 Å². The Morgan fingerprint density at radius 1 is 1.26 bits per heavy atom. The fraction of sp³-hybridized carbons (Fsp3) is 0.0833. The van der Waals surface area contributed by atoms with Gasteiger partial charge in [0, 0.05) is 16.7 Å². The van der Waals surface area contributed by atoms with Crippen molar-refractivity contribution < 1.29 is 14.4 Å². The molecule has 1 heterocycles. The minimum Gasteiger partial charge on any atom is -0.497 e. The van der Waals surface area contributed by atoms with E-state index in [2.05, 4.69) is 20.9 Å². The summed E-state index contributed by atoms with van der Waals surface area (Å²) in [4.78, 5) is 14.3. The molecule has 0 amide bonds. The van der Waals surface area contributed by atoms with E-state index in [0.29, 0.717) is 16.0 Å². The van der Waals surface area contributed by atoms with Crippen LogP contribution in [0.5, 0.6) is 17.4 Å². The second kappa shape index (κ2) is 5.66. The molecular weight excluding hydrogens is 316 g/mol. The van der Waals surface area contributed by atoms with Crippen LogP contribution in [0.3, 0.4) is 0 Å². The predicted molar refractivity (Wildman–Crippen MR) is 71.7 cm³/mol. The van der Waals surface area contributed by atoms with Gasteiger partial charge in [-0.15, -0.1) is 0 Å². The van der Waals surface area contributed by atoms with E-state index in [0.717, 1.165) is 0 Å². The van der Waals surface area contributed by atoms with Gasteiger partial charge in [0.05, 0.1) is 12.0 Å². The molecule has 1 aromatic carbocycles. The lowest BCUT2D eigenvalue weighted by molar-refractivity contribution is -0.386. The van der Waals surface area contributed by atoms with Crippen LogP contribution in [0, 0.1) is 10.1 Å². The molecule has 19 heavy (non-hydrogen) atoms. The van der Waals surface area contributed by atoms with Crippen molar-refractivity contribution in [3.05, 3.63) is 51.1 Å².